The first-order valence-electron chi connectivity index (χ1n) is 6.06. The van der Waals surface area contributed by atoms with Crippen LogP contribution in [0, 0.1) is 0 Å². The molecule has 0 amide bonds. The molecule has 0 aliphatic carbocycles. The average Bonchev–Trinajstić information content (AvgIpc) is 2.29. The van der Waals surface area contributed by atoms with Crippen LogP contribution in [0.2, 0.25) is 0 Å². The van der Waals surface area contributed by atoms with E-state index in [0.29, 0.717) is 10.9 Å². The summed E-state index contributed by atoms with van der Waals surface area (Å²) in [5.41, 5.74) is 1.71. The van der Waals surface area contributed by atoms with Gasteiger partial charge in [0.15, 0.2) is 4.90 Å². The smallest absolute Gasteiger partial charge is 0.155 e. The number of hydrogen-bond acceptors (Lipinski definition) is 1. The van der Waals surface area contributed by atoms with E-state index < -0.39 is 0 Å². The minimum absolute atomic E-state index is 0.274. The molecule has 1 aliphatic rings. The fraction of sp³-hybridized carbons (Fsp3) is 0.571. The minimum Gasteiger partial charge on any atom is -0.308 e. The fourth-order valence-corrected chi connectivity index (χ4v) is 3.98. The van der Waals surface area contributed by atoms with Crippen molar-refractivity contribution in [1.29, 1.82) is 0 Å². The molecule has 1 N–H and O–H groups in total. The van der Waals surface area contributed by atoms with E-state index in [1.165, 1.54) is 30.2 Å². The van der Waals surface area contributed by atoms with Gasteiger partial charge in [-0.05, 0) is 23.1 Å². The fourth-order valence-electron chi connectivity index (χ4n) is 2.00. The standard InChI is InChI=1S/C14H22NS/c1-14(2,3)12-4-6-13(7-5-12)16-10-8-15-9-11-16/h4-7,15H,8-11H2,1-3H3/q+1. The zero-order valence-electron chi connectivity index (χ0n) is 10.5. The molecule has 16 heavy (non-hydrogen) atoms. The maximum absolute atomic E-state index is 3.43. The molecule has 0 saturated carbocycles. The van der Waals surface area contributed by atoms with Crippen molar-refractivity contribution in [3.8, 4) is 0 Å². The van der Waals surface area contributed by atoms with E-state index in [1.54, 1.807) is 4.90 Å². The Balaban J connectivity index is 2.12. The van der Waals surface area contributed by atoms with E-state index in [9.17, 15) is 0 Å². The van der Waals surface area contributed by atoms with Crippen molar-refractivity contribution in [3.63, 3.8) is 0 Å². The lowest BCUT2D eigenvalue weighted by Crippen LogP contribution is -2.36. The molecule has 1 aliphatic heterocycles. The lowest BCUT2D eigenvalue weighted by atomic mass is 9.87. The molecular weight excluding hydrogens is 214 g/mol. The maximum atomic E-state index is 3.43. The topological polar surface area (TPSA) is 12.0 Å². The Hall–Kier alpha value is -0.470. The largest absolute Gasteiger partial charge is 0.308 e. The van der Waals surface area contributed by atoms with E-state index in [1.807, 2.05) is 0 Å². The second-order valence-corrected chi connectivity index (χ2v) is 7.70. The van der Waals surface area contributed by atoms with Crippen LogP contribution in [0.1, 0.15) is 26.3 Å². The van der Waals surface area contributed by atoms with Crippen LogP contribution in [-0.2, 0) is 16.3 Å². The average molecular weight is 236 g/mol. The van der Waals surface area contributed by atoms with Gasteiger partial charge in [-0.1, -0.05) is 32.9 Å². The van der Waals surface area contributed by atoms with Crippen LogP contribution in [0.3, 0.4) is 0 Å². The predicted octanol–water partition coefficient (Wildman–Crippen LogP) is 2.56. The Kier molecular flexibility index (Phi) is 3.60. The highest BCUT2D eigenvalue weighted by atomic mass is 32.2. The SMILES string of the molecule is CC(C)(C)c1ccc([S+]2CCNCC2)cc1. The van der Waals surface area contributed by atoms with Crippen LogP contribution in [0.5, 0.6) is 0 Å². The monoisotopic (exact) mass is 236 g/mol. The van der Waals surface area contributed by atoms with Crippen molar-refractivity contribution in [2.24, 2.45) is 0 Å². The normalized spacial score (nSPS) is 18.7. The highest BCUT2D eigenvalue weighted by molar-refractivity contribution is 7.97. The Morgan fingerprint density at radius 1 is 1.00 bits per heavy atom. The summed E-state index contributed by atoms with van der Waals surface area (Å²) >= 11 is 0. The lowest BCUT2D eigenvalue weighted by Gasteiger charge is -2.20. The lowest BCUT2D eigenvalue weighted by molar-refractivity contribution is 0.589. The van der Waals surface area contributed by atoms with E-state index in [-0.39, 0.29) is 5.41 Å². The van der Waals surface area contributed by atoms with Gasteiger partial charge in [-0.3, -0.25) is 0 Å². The summed E-state index contributed by atoms with van der Waals surface area (Å²) in [5, 5.41) is 3.43. The highest BCUT2D eigenvalue weighted by Crippen LogP contribution is 2.24. The second kappa shape index (κ2) is 4.80. The van der Waals surface area contributed by atoms with Gasteiger partial charge in [0.05, 0.1) is 0 Å². The first-order chi connectivity index (χ1) is 7.57. The summed E-state index contributed by atoms with van der Waals surface area (Å²) < 4.78 is 0. The number of rotatable bonds is 1. The molecule has 1 fully saturated rings. The van der Waals surface area contributed by atoms with E-state index in [2.05, 4.69) is 50.4 Å². The molecule has 0 spiro atoms. The molecule has 1 nitrogen and oxygen atoms in total. The molecule has 0 unspecified atom stereocenters. The van der Waals surface area contributed by atoms with Crippen LogP contribution in [0.4, 0.5) is 0 Å². The van der Waals surface area contributed by atoms with Crippen LogP contribution in [-0.4, -0.2) is 24.6 Å². The van der Waals surface area contributed by atoms with Gasteiger partial charge in [0.1, 0.15) is 11.5 Å². The minimum atomic E-state index is 0.274. The Labute approximate surface area is 102 Å². The quantitative estimate of drug-likeness (QED) is 0.739. The van der Waals surface area contributed by atoms with E-state index in [0.717, 1.165) is 0 Å². The number of hydrogen-bond donors (Lipinski definition) is 1. The first kappa shape index (κ1) is 12.0. The molecule has 1 aromatic carbocycles. The molecular formula is C14H22NS+. The number of benzene rings is 1. The molecule has 88 valence electrons. The van der Waals surface area contributed by atoms with Gasteiger partial charge in [-0.2, -0.15) is 0 Å². The van der Waals surface area contributed by atoms with Crippen molar-refractivity contribution >= 4 is 10.9 Å². The van der Waals surface area contributed by atoms with Crippen LogP contribution >= 0.6 is 0 Å². The Morgan fingerprint density at radius 3 is 2.06 bits per heavy atom. The Bertz CT molecular complexity index is 331. The predicted molar refractivity (Wildman–Crippen MR) is 73.4 cm³/mol. The molecule has 0 bridgehead atoms. The highest BCUT2D eigenvalue weighted by Gasteiger charge is 2.24. The van der Waals surface area contributed by atoms with Crippen molar-refractivity contribution in [3.05, 3.63) is 29.8 Å². The van der Waals surface area contributed by atoms with Crippen LogP contribution in [0.15, 0.2) is 29.2 Å². The van der Waals surface area contributed by atoms with Crippen LogP contribution in [0.25, 0.3) is 0 Å². The van der Waals surface area contributed by atoms with Crippen molar-refractivity contribution in [2.45, 2.75) is 31.1 Å². The van der Waals surface area contributed by atoms with Gasteiger partial charge < -0.3 is 5.32 Å². The van der Waals surface area contributed by atoms with E-state index in [4.69, 9.17) is 0 Å². The third-order valence-corrected chi connectivity index (χ3v) is 5.44. The van der Waals surface area contributed by atoms with Gasteiger partial charge in [0.25, 0.3) is 0 Å². The molecule has 2 heteroatoms. The third-order valence-electron chi connectivity index (χ3n) is 3.10. The van der Waals surface area contributed by atoms with Gasteiger partial charge in [0.2, 0.25) is 0 Å². The van der Waals surface area contributed by atoms with Gasteiger partial charge >= 0.3 is 0 Å². The maximum Gasteiger partial charge on any atom is 0.155 e. The summed E-state index contributed by atoms with van der Waals surface area (Å²) in [4.78, 5) is 1.55. The summed E-state index contributed by atoms with van der Waals surface area (Å²) in [5.74, 6) is 2.63. The van der Waals surface area contributed by atoms with Gasteiger partial charge in [-0.25, -0.2) is 0 Å². The zero-order chi connectivity index (χ0) is 11.6. The zero-order valence-corrected chi connectivity index (χ0v) is 11.4. The number of nitrogens with one attached hydrogen (secondary N) is 1. The van der Waals surface area contributed by atoms with Gasteiger partial charge in [-0.15, -0.1) is 0 Å². The summed E-state index contributed by atoms with van der Waals surface area (Å²) in [6.45, 7) is 9.19. The summed E-state index contributed by atoms with van der Waals surface area (Å²) in [6, 6.07) is 9.30. The van der Waals surface area contributed by atoms with E-state index >= 15 is 0 Å². The molecule has 1 heterocycles. The van der Waals surface area contributed by atoms with Crippen molar-refractivity contribution < 1.29 is 0 Å². The van der Waals surface area contributed by atoms with Crippen molar-refractivity contribution in [1.82, 2.24) is 5.32 Å². The summed E-state index contributed by atoms with van der Waals surface area (Å²) in [7, 11) is 0.494. The molecule has 0 atom stereocenters. The molecule has 0 aromatic heterocycles. The third kappa shape index (κ3) is 2.80. The molecule has 1 saturated heterocycles. The van der Waals surface area contributed by atoms with Gasteiger partial charge in [0, 0.05) is 24.0 Å². The second-order valence-electron chi connectivity index (χ2n) is 5.43. The summed E-state index contributed by atoms with van der Waals surface area (Å²) in [6.07, 6.45) is 0. The molecule has 1 aromatic rings. The van der Waals surface area contributed by atoms with Crippen LogP contribution < -0.4 is 5.32 Å². The first-order valence-corrected chi connectivity index (χ1v) is 7.62. The van der Waals surface area contributed by atoms with Crippen molar-refractivity contribution in [2.75, 3.05) is 24.6 Å². The molecule has 0 radical (unpaired) electrons. The Morgan fingerprint density at radius 2 is 1.56 bits per heavy atom. The molecule has 2 rings (SSSR count).